The van der Waals surface area contributed by atoms with Crippen LogP contribution in [0.1, 0.15) is 18.9 Å². The van der Waals surface area contributed by atoms with Crippen molar-refractivity contribution >= 4 is 17.7 Å². The van der Waals surface area contributed by atoms with E-state index in [2.05, 4.69) is 10.4 Å². The van der Waals surface area contributed by atoms with Gasteiger partial charge in [-0.3, -0.25) is 14.3 Å². The van der Waals surface area contributed by atoms with Crippen molar-refractivity contribution in [1.82, 2.24) is 9.78 Å². The van der Waals surface area contributed by atoms with Crippen molar-refractivity contribution in [2.75, 3.05) is 5.32 Å². The minimum absolute atomic E-state index is 0.234. The molecule has 0 aliphatic heterocycles. The predicted molar refractivity (Wildman–Crippen MR) is 82.4 cm³/mol. The number of carboxylic acids is 1. The summed E-state index contributed by atoms with van der Waals surface area (Å²) in [5.74, 6) is -1.54. The molecule has 0 saturated heterocycles. The summed E-state index contributed by atoms with van der Waals surface area (Å²) in [6, 6.07) is 8.02. The van der Waals surface area contributed by atoms with Crippen molar-refractivity contribution in [3.63, 3.8) is 0 Å². The van der Waals surface area contributed by atoms with Crippen LogP contribution in [-0.2, 0) is 22.6 Å². The van der Waals surface area contributed by atoms with E-state index in [4.69, 9.17) is 5.11 Å². The van der Waals surface area contributed by atoms with Crippen LogP contribution in [0.5, 0.6) is 0 Å². The first kappa shape index (κ1) is 16.7. The van der Waals surface area contributed by atoms with E-state index in [1.807, 2.05) is 0 Å². The molecule has 1 heterocycles. The Bertz CT molecular complexity index is 699. The fraction of sp³-hybridized carbons (Fsp3) is 0.312. The molecule has 7 heteroatoms. The molecule has 0 bridgehead atoms. The van der Waals surface area contributed by atoms with Gasteiger partial charge in [-0.05, 0) is 24.5 Å². The molecule has 2 aromatic rings. The molecular formula is C16H18FN3O3. The van der Waals surface area contributed by atoms with Crippen LogP contribution in [0, 0.1) is 11.7 Å². The van der Waals surface area contributed by atoms with Gasteiger partial charge in [0, 0.05) is 18.2 Å². The number of aromatic nitrogens is 2. The normalized spacial score (nSPS) is 11.9. The summed E-state index contributed by atoms with van der Waals surface area (Å²) < 4.78 is 14.8. The average molecular weight is 319 g/mol. The zero-order chi connectivity index (χ0) is 16.8. The van der Waals surface area contributed by atoms with Crippen LogP contribution < -0.4 is 5.32 Å². The van der Waals surface area contributed by atoms with Crippen LogP contribution in [-0.4, -0.2) is 26.8 Å². The number of hydrogen-bond acceptors (Lipinski definition) is 3. The zero-order valence-electron chi connectivity index (χ0n) is 12.7. The average Bonchev–Trinajstić information content (AvgIpc) is 2.92. The van der Waals surface area contributed by atoms with E-state index in [9.17, 15) is 14.0 Å². The van der Waals surface area contributed by atoms with Gasteiger partial charge in [0.05, 0.1) is 0 Å². The number of carboxylic acid groups (broad SMARTS) is 1. The second kappa shape index (κ2) is 7.53. The Morgan fingerprint density at radius 1 is 1.35 bits per heavy atom. The first-order valence-electron chi connectivity index (χ1n) is 7.25. The van der Waals surface area contributed by atoms with E-state index in [0.29, 0.717) is 24.2 Å². The number of halogens is 1. The standard InChI is InChI=1S/C16H18FN3O3/c1-11(6-7-12-4-2-3-5-13(12)17)16(23)18-14-8-9-20(19-14)10-15(21)22/h2-5,8-9,11H,6-7,10H2,1H3,(H,21,22)(H,18,19,23). The molecule has 2 rings (SSSR count). The van der Waals surface area contributed by atoms with Gasteiger partial charge in [0.15, 0.2) is 5.82 Å². The van der Waals surface area contributed by atoms with Crippen molar-refractivity contribution in [2.45, 2.75) is 26.3 Å². The van der Waals surface area contributed by atoms with Crippen LogP contribution in [0.4, 0.5) is 10.2 Å². The third kappa shape index (κ3) is 4.91. The summed E-state index contributed by atoms with van der Waals surface area (Å²) in [4.78, 5) is 22.7. The van der Waals surface area contributed by atoms with Crippen molar-refractivity contribution in [1.29, 1.82) is 0 Å². The molecule has 1 atom stereocenters. The lowest BCUT2D eigenvalue weighted by molar-refractivity contribution is -0.137. The Morgan fingerprint density at radius 3 is 2.78 bits per heavy atom. The topological polar surface area (TPSA) is 84.2 Å². The molecular weight excluding hydrogens is 301 g/mol. The lowest BCUT2D eigenvalue weighted by atomic mass is 10.00. The maximum absolute atomic E-state index is 13.5. The van der Waals surface area contributed by atoms with Gasteiger partial charge in [0.25, 0.3) is 0 Å². The number of amides is 1. The fourth-order valence-electron chi connectivity index (χ4n) is 2.11. The molecule has 122 valence electrons. The van der Waals surface area contributed by atoms with Gasteiger partial charge in [-0.15, -0.1) is 0 Å². The number of nitrogens with one attached hydrogen (secondary N) is 1. The van der Waals surface area contributed by atoms with Crippen molar-refractivity contribution in [3.8, 4) is 0 Å². The molecule has 0 spiro atoms. The number of carbonyl (C=O) groups excluding carboxylic acids is 1. The lowest BCUT2D eigenvalue weighted by Crippen LogP contribution is -2.21. The Labute approximate surface area is 132 Å². The molecule has 2 N–H and O–H groups in total. The summed E-state index contributed by atoms with van der Waals surface area (Å²) in [6.45, 7) is 1.49. The molecule has 1 aromatic carbocycles. The molecule has 23 heavy (non-hydrogen) atoms. The summed E-state index contributed by atoms with van der Waals surface area (Å²) in [7, 11) is 0. The summed E-state index contributed by atoms with van der Waals surface area (Å²) >= 11 is 0. The lowest BCUT2D eigenvalue weighted by Gasteiger charge is -2.11. The first-order chi connectivity index (χ1) is 11.0. The summed E-state index contributed by atoms with van der Waals surface area (Å²) in [5.41, 5.74) is 0.581. The van der Waals surface area contributed by atoms with Gasteiger partial charge >= 0.3 is 5.97 Å². The molecule has 1 aromatic heterocycles. The van der Waals surface area contributed by atoms with Crippen LogP contribution in [0.25, 0.3) is 0 Å². The van der Waals surface area contributed by atoms with E-state index >= 15 is 0 Å². The van der Waals surface area contributed by atoms with Crippen molar-refractivity contribution in [3.05, 3.63) is 47.9 Å². The van der Waals surface area contributed by atoms with Gasteiger partial charge in [-0.2, -0.15) is 5.10 Å². The number of hydrogen-bond donors (Lipinski definition) is 2. The third-order valence-corrected chi connectivity index (χ3v) is 3.44. The Hall–Kier alpha value is -2.70. The number of anilines is 1. The minimum atomic E-state index is -1.01. The molecule has 6 nitrogen and oxygen atoms in total. The van der Waals surface area contributed by atoms with Gasteiger partial charge in [-0.25, -0.2) is 4.39 Å². The molecule has 1 unspecified atom stereocenters. The van der Waals surface area contributed by atoms with E-state index < -0.39 is 5.97 Å². The first-order valence-corrected chi connectivity index (χ1v) is 7.25. The number of nitrogens with zero attached hydrogens (tertiary/aromatic N) is 2. The predicted octanol–water partition coefficient (Wildman–Crippen LogP) is 2.31. The van der Waals surface area contributed by atoms with Gasteiger partial charge in [0.1, 0.15) is 12.4 Å². The SMILES string of the molecule is CC(CCc1ccccc1F)C(=O)Nc1ccn(CC(=O)O)n1. The second-order valence-electron chi connectivity index (χ2n) is 5.31. The summed E-state index contributed by atoms with van der Waals surface area (Å²) in [5, 5.41) is 15.2. The largest absolute Gasteiger partial charge is 0.480 e. The van der Waals surface area contributed by atoms with Crippen LogP contribution in [0.2, 0.25) is 0 Å². The minimum Gasteiger partial charge on any atom is -0.480 e. The monoisotopic (exact) mass is 319 g/mol. The molecule has 1 amide bonds. The maximum atomic E-state index is 13.5. The molecule has 0 saturated carbocycles. The van der Waals surface area contributed by atoms with E-state index in [1.54, 1.807) is 25.1 Å². The highest BCUT2D eigenvalue weighted by molar-refractivity contribution is 5.91. The van der Waals surface area contributed by atoms with Gasteiger partial charge in [0.2, 0.25) is 5.91 Å². The van der Waals surface area contributed by atoms with E-state index in [-0.39, 0.29) is 24.2 Å². The Balaban J connectivity index is 1.86. The molecule has 0 fully saturated rings. The molecule has 0 aliphatic carbocycles. The number of benzene rings is 1. The highest BCUT2D eigenvalue weighted by Crippen LogP contribution is 2.14. The zero-order valence-corrected chi connectivity index (χ0v) is 12.7. The smallest absolute Gasteiger partial charge is 0.325 e. The van der Waals surface area contributed by atoms with Crippen molar-refractivity contribution in [2.24, 2.45) is 5.92 Å². The van der Waals surface area contributed by atoms with E-state index in [1.165, 1.54) is 23.0 Å². The Kier molecular flexibility index (Phi) is 5.46. The Morgan fingerprint density at radius 2 is 2.09 bits per heavy atom. The highest BCUT2D eigenvalue weighted by Gasteiger charge is 2.15. The highest BCUT2D eigenvalue weighted by atomic mass is 19.1. The van der Waals surface area contributed by atoms with Crippen molar-refractivity contribution < 1.29 is 19.1 Å². The molecule has 0 aliphatic rings. The number of carbonyl (C=O) groups is 2. The number of aryl methyl sites for hydroxylation is 1. The summed E-state index contributed by atoms with van der Waals surface area (Å²) in [6.07, 6.45) is 2.45. The van der Waals surface area contributed by atoms with E-state index in [0.717, 1.165) is 0 Å². The van der Waals surface area contributed by atoms with Gasteiger partial charge < -0.3 is 10.4 Å². The van der Waals surface area contributed by atoms with Crippen LogP contribution in [0.3, 0.4) is 0 Å². The maximum Gasteiger partial charge on any atom is 0.325 e. The number of rotatable bonds is 7. The number of aliphatic carboxylic acids is 1. The molecule has 0 radical (unpaired) electrons. The second-order valence-corrected chi connectivity index (χ2v) is 5.31. The fourth-order valence-corrected chi connectivity index (χ4v) is 2.11. The third-order valence-electron chi connectivity index (χ3n) is 3.44. The van der Waals surface area contributed by atoms with Gasteiger partial charge in [-0.1, -0.05) is 25.1 Å². The van der Waals surface area contributed by atoms with Crippen LogP contribution in [0.15, 0.2) is 36.5 Å². The van der Waals surface area contributed by atoms with Crippen LogP contribution >= 0.6 is 0 Å². The quantitative estimate of drug-likeness (QED) is 0.820.